The standard InChI is InChI=1S/C27H28F2N3O3P/c1-17-15-31-19(16-30-17)14-20(33)13-18-7-6-12-32(27(18)34)23-11-10-22(25(28)26(23)29)21-8-4-5-9-24(21)36(2,3)35/h4-5,8-11,15-16,18H,6-7,12-14H2,1-3H3/t18-/m0/s1. The number of halogens is 2. The third-order valence-corrected chi connectivity index (χ3v) is 7.91. The Morgan fingerprint density at radius 1 is 1.06 bits per heavy atom. The Morgan fingerprint density at radius 2 is 1.81 bits per heavy atom. The summed E-state index contributed by atoms with van der Waals surface area (Å²) in [7, 11) is -2.75. The lowest BCUT2D eigenvalue weighted by molar-refractivity contribution is -0.128. The van der Waals surface area contributed by atoms with Crippen molar-refractivity contribution < 1.29 is 22.9 Å². The summed E-state index contributed by atoms with van der Waals surface area (Å²) < 4.78 is 43.3. The molecule has 0 N–H and O–H groups in total. The van der Waals surface area contributed by atoms with Crippen LogP contribution in [-0.2, 0) is 20.6 Å². The smallest absolute Gasteiger partial charge is 0.230 e. The minimum absolute atomic E-state index is 0.00271. The number of hydrogen-bond acceptors (Lipinski definition) is 5. The molecule has 3 aromatic rings. The van der Waals surface area contributed by atoms with Crippen LogP contribution in [0.2, 0.25) is 0 Å². The van der Waals surface area contributed by atoms with E-state index in [9.17, 15) is 14.2 Å². The van der Waals surface area contributed by atoms with Crippen molar-refractivity contribution in [3.8, 4) is 11.1 Å². The number of piperidine rings is 1. The summed E-state index contributed by atoms with van der Waals surface area (Å²) in [5, 5.41) is 0.460. The number of anilines is 1. The average Bonchev–Trinajstić information content (AvgIpc) is 2.83. The molecule has 1 saturated heterocycles. The molecule has 1 amide bonds. The van der Waals surface area contributed by atoms with Gasteiger partial charge >= 0.3 is 0 Å². The first-order valence-corrected chi connectivity index (χ1v) is 14.4. The van der Waals surface area contributed by atoms with Crippen LogP contribution in [0.25, 0.3) is 11.1 Å². The third kappa shape index (κ3) is 5.44. The normalized spacial score (nSPS) is 16.3. The quantitative estimate of drug-likeness (QED) is 0.421. The number of amides is 1. The Labute approximate surface area is 209 Å². The second-order valence-corrected chi connectivity index (χ2v) is 12.7. The van der Waals surface area contributed by atoms with E-state index < -0.39 is 30.6 Å². The van der Waals surface area contributed by atoms with E-state index in [1.54, 1.807) is 50.7 Å². The van der Waals surface area contributed by atoms with E-state index in [2.05, 4.69) is 9.97 Å². The Bertz CT molecular complexity index is 1350. The number of aromatic nitrogens is 2. The van der Waals surface area contributed by atoms with Crippen LogP contribution >= 0.6 is 7.14 Å². The lowest BCUT2D eigenvalue weighted by Gasteiger charge is -2.32. The molecule has 6 nitrogen and oxygen atoms in total. The van der Waals surface area contributed by atoms with Gasteiger partial charge in [-0.3, -0.25) is 19.6 Å². The highest BCUT2D eigenvalue weighted by molar-refractivity contribution is 7.70. The van der Waals surface area contributed by atoms with Gasteiger partial charge in [0.15, 0.2) is 11.6 Å². The van der Waals surface area contributed by atoms with Gasteiger partial charge in [-0.25, -0.2) is 8.78 Å². The molecule has 0 bridgehead atoms. The number of carbonyl (C=O) groups excluding carboxylic acids is 2. The fourth-order valence-corrected chi connectivity index (χ4v) is 5.78. The topological polar surface area (TPSA) is 80.2 Å². The number of aryl methyl sites for hydroxylation is 1. The van der Waals surface area contributed by atoms with E-state index in [1.165, 1.54) is 23.2 Å². The maximum Gasteiger partial charge on any atom is 0.230 e. The summed E-state index contributed by atoms with van der Waals surface area (Å²) in [6.45, 7) is 5.19. The maximum absolute atomic E-state index is 15.3. The second-order valence-electron chi connectivity index (χ2n) is 9.53. The van der Waals surface area contributed by atoms with Gasteiger partial charge in [-0.15, -0.1) is 0 Å². The van der Waals surface area contributed by atoms with Gasteiger partial charge in [0, 0.05) is 42.1 Å². The van der Waals surface area contributed by atoms with Crippen molar-refractivity contribution in [1.29, 1.82) is 0 Å². The summed E-state index contributed by atoms with van der Waals surface area (Å²) in [5.41, 5.74) is 1.47. The van der Waals surface area contributed by atoms with E-state index in [0.29, 0.717) is 29.4 Å². The Morgan fingerprint density at radius 3 is 2.50 bits per heavy atom. The molecule has 1 atom stereocenters. The van der Waals surface area contributed by atoms with Crippen LogP contribution in [-0.4, -0.2) is 41.5 Å². The Kier molecular flexibility index (Phi) is 7.46. The Hall–Kier alpha value is -3.25. The lowest BCUT2D eigenvalue weighted by atomic mass is 9.90. The molecule has 1 fully saturated rings. The molecule has 0 aliphatic carbocycles. The van der Waals surface area contributed by atoms with Gasteiger partial charge < -0.3 is 9.46 Å². The zero-order chi connectivity index (χ0) is 26.0. The number of Topliss-reactive ketones (excluding diaryl/α,β-unsaturated/α-hetero) is 1. The van der Waals surface area contributed by atoms with Crippen LogP contribution in [0.4, 0.5) is 14.5 Å². The molecular weight excluding hydrogens is 483 g/mol. The van der Waals surface area contributed by atoms with Gasteiger partial charge in [0.1, 0.15) is 12.9 Å². The van der Waals surface area contributed by atoms with Crippen molar-refractivity contribution in [2.45, 2.75) is 32.6 Å². The molecule has 4 rings (SSSR count). The van der Waals surface area contributed by atoms with Crippen molar-refractivity contribution in [3.63, 3.8) is 0 Å². The molecule has 9 heteroatoms. The SMILES string of the molecule is Cc1cnc(CC(=O)C[C@@H]2CCCN(c3ccc(-c4ccccc4P(C)(C)=O)c(F)c3F)C2=O)cn1. The number of carbonyl (C=O) groups is 2. The average molecular weight is 512 g/mol. The molecule has 0 radical (unpaired) electrons. The van der Waals surface area contributed by atoms with Gasteiger partial charge in [0.25, 0.3) is 0 Å². The van der Waals surface area contributed by atoms with Crippen LogP contribution < -0.4 is 10.2 Å². The van der Waals surface area contributed by atoms with Crippen molar-refractivity contribution >= 4 is 29.8 Å². The molecule has 188 valence electrons. The first kappa shape index (κ1) is 25.8. The summed E-state index contributed by atoms with van der Waals surface area (Å²) in [4.78, 5) is 35.3. The van der Waals surface area contributed by atoms with Crippen LogP contribution in [0.3, 0.4) is 0 Å². The highest BCUT2D eigenvalue weighted by atomic mass is 31.2. The van der Waals surface area contributed by atoms with Gasteiger partial charge in [0.2, 0.25) is 5.91 Å². The van der Waals surface area contributed by atoms with E-state index in [-0.39, 0.29) is 36.4 Å². The fraction of sp³-hybridized carbons (Fsp3) is 0.333. The van der Waals surface area contributed by atoms with Gasteiger partial charge in [-0.1, -0.05) is 24.3 Å². The molecule has 0 spiro atoms. The summed E-state index contributed by atoms with van der Waals surface area (Å²) in [6, 6.07) is 9.45. The first-order valence-electron chi connectivity index (χ1n) is 11.8. The monoisotopic (exact) mass is 511 g/mol. The molecule has 0 saturated carbocycles. The van der Waals surface area contributed by atoms with Crippen molar-refractivity contribution in [3.05, 3.63) is 71.8 Å². The second kappa shape index (κ2) is 10.4. The molecule has 2 aromatic carbocycles. The number of rotatable bonds is 7. The van der Waals surface area contributed by atoms with Gasteiger partial charge in [-0.2, -0.15) is 0 Å². The maximum atomic E-state index is 15.3. The van der Waals surface area contributed by atoms with Crippen LogP contribution in [0.1, 0.15) is 30.7 Å². The zero-order valence-corrected chi connectivity index (χ0v) is 21.4. The van der Waals surface area contributed by atoms with E-state index in [4.69, 9.17) is 0 Å². The predicted molar refractivity (Wildman–Crippen MR) is 136 cm³/mol. The molecule has 1 aliphatic heterocycles. The lowest BCUT2D eigenvalue weighted by Crippen LogP contribution is -2.42. The van der Waals surface area contributed by atoms with E-state index >= 15 is 8.78 Å². The van der Waals surface area contributed by atoms with Gasteiger partial charge in [0.05, 0.1) is 23.5 Å². The third-order valence-electron chi connectivity index (χ3n) is 6.36. The van der Waals surface area contributed by atoms with Crippen molar-refractivity contribution in [2.75, 3.05) is 24.8 Å². The molecule has 1 aromatic heterocycles. The first-order chi connectivity index (χ1) is 17.1. The number of ketones is 1. The zero-order valence-electron chi connectivity index (χ0n) is 20.5. The highest BCUT2D eigenvalue weighted by Gasteiger charge is 2.33. The fourth-order valence-electron chi connectivity index (χ4n) is 4.56. The van der Waals surface area contributed by atoms with Crippen LogP contribution in [0.15, 0.2) is 48.8 Å². The molecule has 0 unspecified atom stereocenters. The predicted octanol–water partition coefficient (Wildman–Crippen LogP) is 4.92. The van der Waals surface area contributed by atoms with E-state index in [1.807, 2.05) is 0 Å². The minimum atomic E-state index is -2.75. The summed E-state index contributed by atoms with van der Waals surface area (Å²) >= 11 is 0. The number of benzene rings is 2. The molecule has 36 heavy (non-hydrogen) atoms. The number of hydrogen-bond donors (Lipinski definition) is 0. The van der Waals surface area contributed by atoms with Gasteiger partial charge in [-0.05, 0) is 50.8 Å². The molecular formula is C27H28F2N3O3P. The van der Waals surface area contributed by atoms with Crippen LogP contribution in [0.5, 0.6) is 0 Å². The summed E-state index contributed by atoms with van der Waals surface area (Å²) in [5.74, 6) is -3.41. The van der Waals surface area contributed by atoms with E-state index in [0.717, 1.165) is 5.69 Å². The number of nitrogens with zero attached hydrogens (tertiary/aromatic N) is 3. The Balaban J connectivity index is 1.56. The molecule has 2 heterocycles. The van der Waals surface area contributed by atoms with Crippen molar-refractivity contribution in [1.82, 2.24) is 9.97 Å². The largest absolute Gasteiger partial charge is 0.319 e. The van der Waals surface area contributed by atoms with Crippen LogP contribution in [0, 0.1) is 24.5 Å². The summed E-state index contributed by atoms with van der Waals surface area (Å²) in [6.07, 6.45) is 4.24. The van der Waals surface area contributed by atoms with Crippen molar-refractivity contribution in [2.24, 2.45) is 5.92 Å². The molecule has 1 aliphatic rings. The highest BCUT2D eigenvalue weighted by Crippen LogP contribution is 2.40. The minimum Gasteiger partial charge on any atom is -0.319 e.